The molecule has 0 bridgehead atoms. The molecule has 3 aliphatic heterocycles. The van der Waals surface area contributed by atoms with E-state index in [4.69, 9.17) is 28.7 Å². The number of benzene rings is 3. The highest BCUT2D eigenvalue weighted by molar-refractivity contribution is 9.10. The maximum Gasteiger partial charge on any atom is 0.255 e. The van der Waals surface area contributed by atoms with Crippen LogP contribution < -0.4 is 10.6 Å². The number of hydrogen-bond acceptors (Lipinski definition) is 4. The van der Waals surface area contributed by atoms with E-state index < -0.39 is 11.4 Å². The van der Waals surface area contributed by atoms with Crippen LogP contribution in [0.25, 0.3) is 10.4 Å². The zero-order valence-electron chi connectivity index (χ0n) is 20.1. The summed E-state index contributed by atoms with van der Waals surface area (Å²) in [5.41, 5.74) is 9.93. The summed E-state index contributed by atoms with van der Waals surface area (Å²) in [6.07, 6.45) is 3.20. The lowest BCUT2D eigenvalue weighted by Gasteiger charge is -2.50. The lowest BCUT2D eigenvalue weighted by molar-refractivity contribution is -0.119. The topological polar surface area (TPSA) is 110 Å². The summed E-state index contributed by atoms with van der Waals surface area (Å²) >= 11 is 15.7. The molecule has 2 amide bonds. The molecular weight excluding hydrogens is 591 g/mol. The third kappa shape index (κ3) is 5.25. The van der Waals surface area contributed by atoms with Crippen LogP contribution in [-0.2, 0) is 16.8 Å². The fraction of sp³-hybridized carbons (Fsp3) is 0.259. The first-order chi connectivity index (χ1) is 18.3. The van der Waals surface area contributed by atoms with Crippen molar-refractivity contribution in [3.8, 4) is 0 Å². The summed E-state index contributed by atoms with van der Waals surface area (Å²) in [6.45, 7) is 2.79. The van der Waals surface area contributed by atoms with Crippen molar-refractivity contribution >= 4 is 62.3 Å². The van der Waals surface area contributed by atoms with Gasteiger partial charge in [-0.15, -0.1) is 0 Å². The number of nitrogens with zero attached hydrogens (tertiary/aromatic N) is 4. The summed E-state index contributed by atoms with van der Waals surface area (Å²) in [7, 11) is 0. The predicted octanol–water partition coefficient (Wildman–Crippen LogP) is 7.17. The van der Waals surface area contributed by atoms with Gasteiger partial charge in [-0.3, -0.25) is 9.59 Å². The first-order valence-electron chi connectivity index (χ1n) is 12.1. The smallest absolute Gasteiger partial charge is 0.255 e. The molecule has 0 saturated carbocycles. The van der Waals surface area contributed by atoms with Crippen molar-refractivity contribution < 1.29 is 9.59 Å². The van der Waals surface area contributed by atoms with Crippen molar-refractivity contribution in [3.63, 3.8) is 0 Å². The van der Waals surface area contributed by atoms with Gasteiger partial charge in [-0.25, -0.2) is 0 Å². The van der Waals surface area contributed by atoms with E-state index in [1.165, 1.54) is 32.0 Å². The third-order valence-electron chi connectivity index (χ3n) is 7.15. The zero-order valence-corrected chi connectivity index (χ0v) is 23.2. The SMILES string of the molecule is C1CN2CCC12.[N-]=[N+]=NC(=O)c1ccc(Br)cc1NC1(Cc2cccc(Cl)c2)C(=O)Nc2cc(Cl)ccc21. The first-order valence-corrected chi connectivity index (χ1v) is 13.6. The Morgan fingerprint density at radius 1 is 1.13 bits per heavy atom. The average molecular weight is 614 g/mol. The molecule has 6 rings (SSSR count). The summed E-state index contributed by atoms with van der Waals surface area (Å²) in [6, 6.07) is 18.2. The summed E-state index contributed by atoms with van der Waals surface area (Å²) in [4.78, 5) is 31.0. The van der Waals surface area contributed by atoms with Gasteiger partial charge in [-0.2, -0.15) is 0 Å². The minimum Gasteiger partial charge on any atom is -0.367 e. The number of nitrogens with one attached hydrogen (secondary N) is 2. The van der Waals surface area contributed by atoms with Crippen molar-refractivity contribution in [1.29, 1.82) is 0 Å². The highest BCUT2D eigenvalue weighted by atomic mass is 79.9. The van der Waals surface area contributed by atoms with Crippen LogP contribution in [-0.4, -0.2) is 35.8 Å². The van der Waals surface area contributed by atoms with Crippen LogP contribution in [0.4, 0.5) is 11.4 Å². The normalized spacial score (nSPS) is 19.4. The van der Waals surface area contributed by atoms with Crippen LogP contribution in [0.3, 0.4) is 0 Å². The summed E-state index contributed by atoms with van der Waals surface area (Å²) in [5, 5.41) is 10.4. The van der Waals surface area contributed by atoms with Crippen molar-refractivity contribution in [1.82, 2.24) is 4.90 Å². The highest BCUT2D eigenvalue weighted by Crippen LogP contribution is 2.43. The van der Waals surface area contributed by atoms with Gasteiger partial charge in [0, 0.05) is 54.4 Å². The van der Waals surface area contributed by atoms with E-state index in [9.17, 15) is 9.59 Å². The minimum absolute atomic E-state index is 0.131. The summed E-state index contributed by atoms with van der Waals surface area (Å²) in [5.74, 6) is -1.09. The maximum atomic E-state index is 13.4. The molecule has 3 heterocycles. The van der Waals surface area contributed by atoms with Crippen molar-refractivity contribution in [3.05, 3.63) is 102 Å². The minimum atomic E-state index is -1.28. The molecule has 3 aliphatic rings. The highest BCUT2D eigenvalue weighted by Gasteiger charge is 2.47. The lowest BCUT2D eigenvalue weighted by Crippen LogP contribution is -2.57. The standard InChI is InChI=1S/C22H14BrCl2N5O2.C5H9N/c23-13-4-6-16(20(31)29-30-26)18(9-13)28-22(11-12-2-1-3-14(24)8-12)17-7-5-15(25)10-19(17)27-21(22)32;1-3-6-4-2-5(1)6/h1-10,28H,11H2,(H,27,32);5H,1-4H2. The van der Waals surface area contributed by atoms with Crippen LogP contribution >= 0.6 is 39.1 Å². The van der Waals surface area contributed by atoms with Gasteiger partial charge < -0.3 is 15.5 Å². The summed E-state index contributed by atoms with van der Waals surface area (Å²) < 4.78 is 0.671. The molecule has 3 aromatic carbocycles. The van der Waals surface area contributed by atoms with Crippen molar-refractivity contribution in [2.24, 2.45) is 5.11 Å². The molecule has 2 fully saturated rings. The Bertz CT molecular complexity index is 1460. The van der Waals surface area contributed by atoms with Crippen LogP contribution in [0.1, 0.15) is 34.3 Å². The number of hydrogen-bond donors (Lipinski definition) is 2. The fourth-order valence-corrected chi connectivity index (χ4v) is 5.76. The second kappa shape index (κ2) is 11.0. The molecule has 1 unspecified atom stereocenters. The maximum absolute atomic E-state index is 13.4. The quantitative estimate of drug-likeness (QED) is 0.180. The predicted molar refractivity (Wildman–Crippen MR) is 153 cm³/mol. The van der Waals surface area contributed by atoms with Gasteiger partial charge in [0.15, 0.2) is 0 Å². The second-order valence-corrected chi connectivity index (χ2v) is 11.2. The molecular formula is C27H23BrCl2N6O2. The van der Waals surface area contributed by atoms with Gasteiger partial charge in [0.2, 0.25) is 0 Å². The van der Waals surface area contributed by atoms with Gasteiger partial charge in [0.1, 0.15) is 5.54 Å². The zero-order chi connectivity index (χ0) is 26.9. The van der Waals surface area contributed by atoms with E-state index in [1.807, 2.05) is 6.07 Å². The molecule has 0 spiro atoms. The first kappa shape index (κ1) is 26.5. The molecule has 1 atom stereocenters. The number of carbonyl (C=O) groups is 2. The van der Waals surface area contributed by atoms with Crippen LogP contribution in [0.15, 0.2) is 70.3 Å². The molecule has 0 aliphatic carbocycles. The third-order valence-corrected chi connectivity index (χ3v) is 8.11. The molecule has 0 radical (unpaired) electrons. The second-order valence-electron chi connectivity index (χ2n) is 9.43. The number of amides is 2. The van der Waals surface area contributed by atoms with Crippen molar-refractivity contribution in [2.45, 2.75) is 30.8 Å². The largest absolute Gasteiger partial charge is 0.367 e. The van der Waals surface area contributed by atoms with Gasteiger partial charge in [-0.1, -0.05) is 57.3 Å². The number of halogens is 3. The number of rotatable bonds is 5. The molecule has 8 nitrogen and oxygen atoms in total. The van der Waals surface area contributed by atoms with Gasteiger partial charge >= 0.3 is 0 Å². The lowest BCUT2D eigenvalue weighted by atomic mass is 9.84. The number of azide groups is 1. The van der Waals surface area contributed by atoms with Crippen LogP contribution in [0, 0.1) is 0 Å². The molecule has 194 valence electrons. The van der Waals surface area contributed by atoms with E-state index in [1.54, 1.807) is 48.5 Å². The van der Waals surface area contributed by atoms with Crippen LogP contribution in [0.5, 0.6) is 0 Å². The number of carbonyl (C=O) groups excluding carboxylic acids is 2. The molecule has 3 aromatic rings. The number of anilines is 2. The van der Waals surface area contributed by atoms with E-state index in [0.717, 1.165) is 11.6 Å². The Kier molecular flexibility index (Phi) is 7.66. The van der Waals surface area contributed by atoms with E-state index in [2.05, 4.69) is 41.5 Å². The number of piperidine rings is 1. The van der Waals surface area contributed by atoms with E-state index in [0.29, 0.717) is 31.5 Å². The fourth-order valence-electron chi connectivity index (χ4n) is 5.02. The van der Waals surface area contributed by atoms with E-state index >= 15 is 0 Å². The Morgan fingerprint density at radius 2 is 1.87 bits per heavy atom. The average Bonchev–Trinajstić information content (AvgIpc) is 3.11. The van der Waals surface area contributed by atoms with Gasteiger partial charge in [-0.05, 0) is 84.6 Å². The Morgan fingerprint density at radius 3 is 2.50 bits per heavy atom. The van der Waals surface area contributed by atoms with Crippen LogP contribution in [0.2, 0.25) is 10.0 Å². The Hall–Kier alpha value is -3.07. The monoisotopic (exact) mass is 612 g/mol. The van der Waals surface area contributed by atoms with Gasteiger partial charge in [0.25, 0.3) is 11.8 Å². The van der Waals surface area contributed by atoms with E-state index in [-0.39, 0.29) is 17.9 Å². The van der Waals surface area contributed by atoms with Gasteiger partial charge in [0.05, 0.1) is 0 Å². The Balaban J connectivity index is 0.000000424. The molecule has 11 heteroatoms. The van der Waals surface area contributed by atoms with Crippen molar-refractivity contribution in [2.75, 3.05) is 23.7 Å². The molecule has 0 aromatic heterocycles. The Labute approximate surface area is 238 Å². The molecule has 2 saturated heterocycles. The molecule has 2 N–H and O–H groups in total. The number of fused-ring (bicyclic) bond motifs is 2. The molecule has 38 heavy (non-hydrogen) atoms.